The van der Waals surface area contributed by atoms with Gasteiger partial charge in [0.2, 0.25) is 0 Å². The summed E-state index contributed by atoms with van der Waals surface area (Å²) in [4.78, 5) is 0. The smallest absolute Gasteiger partial charge is 0.199 e. The van der Waals surface area contributed by atoms with E-state index in [1.807, 2.05) is 4.57 Å². The zero-order valence-corrected chi connectivity index (χ0v) is 11.4. The molecule has 2 rings (SSSR count). The third-order valence-electron chi connectivity index (χ3n) is 2.96. The van der Waals surface area contributed by atoms with Gasteiger partial charge in [-0.15, -0.1) is 0 Å². The van der Waals surface area contributed by atoms with Crippen molar-refractivity contribution in [2.24, 2.45) is 0 Å². The molecule has 0 aliphatic carbocycles. The Morgan fingerprint density at radius 2 is 1.94 bits per heavy atom. The maximum absolute atomic E-state index is 5.30. The van der Waals surface area contributed by atoms with E-state index in [2.05, 4.69) is 56.1 Å². The molecule has 0 aliphatic heterocycles. The fraction of sp³-hybridized carbons (Fsp3) is 0.385. The molecule has 0 amide bonds. The molecular formula is C13H17N3S. The van der Waals surface area contributed by atoms with E-state index in [0.29, 0.717) is 10.7 Å². The highest BCUT2D eigenvalue weighted by molar-refractivity contribution is 7.71. The Bertz CT molecular complexity index is 593. The average Bonchev–Trinajstić information content (AvgIpc) is 2.64. The van der Waals surface area contributed by atoms with Gasteiger partial charge >= 0.3 is 0 Å². The minimum atomic E-state index is 0.338. The minimum Gasteiger partial charge on any atom is -0.272 e. The number of benzene rings is 1. The van der Waals surface area contributed by atoms with Crippen LogP contribution in [0.2, 0.25) is 0 Å². The highest BCUT2D eigenvalue weighted by atomic mass is 32.1. The molecule has 0 spiro atoms. The average molecular weight is 247 g/mol. The Labute approximate surface area is 106 Å². The molecule has 1 aromatic heterocycles. The number of nitrogens with one attached hydrogen (secondary N) is 1. The molecule has 0 saturated heterocycles. The van der Waals surface area contributed by atoms with Crippen molar-refractivity contribution in [2.75, 3.05) is 0 Å². The van der Waals surface area contributed by atoms with Gasteiger partial charge in [0, 0.05) is 11.6 Å². The van der Waals surface area contributed by atoms with E-state index in [-0.39, 0.29) is 0 Å². The van der Waals surface area contributed by atoms with E-state index in [1.165, 1.54) is 11.1 Å². The number of hydrogen-bond acceptors (Lipinski definition) is 2. The largest absolute Gasteiger partial charge is 0.272 e. The monoisotopic (exact) mass is 247 g/mol. The lowest BCUT2D eigenvalue weighted by molar-refractivity contribution is 0.744. The number of rotatable bonds is 2. The van der Waals surface area contributed by atoms with E-state index < -0.39 is 0 Å². The topological polar surface area (TPSA) is 33.6 Å². The van der Waals surface area contributed by atoms with Crippen LogP contribution in [0.1, 0.15) is 36.7 Å². The first-order chi connectivity index (χ1) is 8.00. The van der Waals surface area contributed by atoms with Crippen LogP contribution >= 0.6 is 12.2 Å². The van der Waals surface area contributed by atoms with Gasteiger partial charge in [0.25, 0.3) is 0 Å². The van der Waals surface area contributed by atoms with Crippen LogP contribution in [0.15, 0.2) is 18.2 Å². The Morgan fingerprint density at radius 3 is 2.53 bits per heavy atom. The summed E-state index contributed by atoms with van der Waals surface area (Å²) in [5.74, 6) is 1.31. The number of nitrogens with zero attached hydrogens (tertiary/aromatic N) is 2. The summed E-state index contributed by atoms with van der Waals surface area (Å²) in [6.07, 6.45) is 0. The second kappa shape index (κ2) is 4.45. The lowest BCUT2D eigenvalue weighted by atomic mass is 10.1. The van der Waals surface area contributed by atoms with Crippen molar-refractivity contribution < 1.29 is 0 Å². The summed E-state index contributed by atoms with van der Waals surface area (Å²) in [5.41, 5.74) is 3.63. The molecule has 4 heteroatoms. The predicted molar refractivity (Wildman–Crippen MR) is 72.3 cm³/mol. The van der Waals surface area contributed by atoms with E-state index in [9.17, 15) is 0 Å². The predicted octanol–water partition coefficient (Wildman–Crippen LogP) is 3.67. The van der Waals surface area contributed by atoms with Gasteiger partial charge < -0.3 is 0 Å². The van der Waals surface area contributed by atoms with Gasteiger partial charge in [-0.2, -0.15) is 5.10 Å². The van der Waals surface area contributed by atoms with Crippen molar-refractivity contribution in [1.82, 2.24) is 14.8 Å². The van der Waals surface area contributed by atoms with Crippen molar-refractivity contribution in [3.63, 3.8) is 0 Å². The normalized spacial score (nSPS) is 11.1. The molecule has 0 atom stereocenters. The zero-order chi connectivity index (χ0) is 12.6. The minimum absolute atomic E-state index is 0.338. The van der Waals surface area contributed by atoms with Crippen LogP contribution in [-0.4, -0.2) is 14.8 Å². The Balaban J connectivity index is 2.63. The molecule has 0 bridgehead atoms. The van der Waals surface area contributed by atoms with Crippen LogP contribution < -0.4 is 0 Å². The summed E-state index contributed by atoms with van der Waals surface area (Å²) in [7, 11) is 0. The zero-order valence-electron chi connectivity index (χ0n) is 10.6. The van der Waals surface area contributed by atoms with Gasteiger partial charge in [-0.05, 0) is 49.3 Å². The molecule has 0 unspecified atom stereocenters. The highest BCUT2D eigenvalue weighted by Crippen LogP contribution is 2.19. The van der Waals surface area contributed by atoms with E-state index in [4.69, 9.17) is 12.2 Å². The van der Waals surface area contributed by atoms with Crippen LogP contribution in [0.5, 0.6) is 0 Å². The van der Waals surface area contributed by atoms with Gasteiger partial charge in [0.1, 0.15) is 5.82 Å². The summed E-state index contributed by atoms with van der Waals surface area (Å²) in [6.45, 7) is 8.44. The van der Waals surface area contributed by atoms with E-state index in [1.54, 1.807) is 0 Å². The fourth-order valence-corrected chi connectivity index (χ4v) is 2.06. The molecule has 0 saturated carbocycles. The van der Waals surface area contributed by atoms with Gasteiger partial charge in [-0.25, -0.2) is 0 Å². The summed E-state index contributed by atoms with van der Waals surface area (Å²) < 4.78 is 2.66. The molecule has 0 aliphatic rings. The first-order valence-corrected chi connectivity index (χ1v) is 6.16. The number of aromatic nitrogens is 3. The Kier molecular flexibility index (Phi) is 3.15. The van der Waals surface area contributed by atoms with Crippen LogP contribution in [0.4, 0.5) is 0 Å². The van der Waals surface area contributed by atoms with Crippen LogP contribution in [0.25, 0.3) is 5.69 Å². The Hall–Kier alpha value is -1.42. The number of hydrogen-bond donors (Lipinski definition) is 1. The standard InChI is InChI=1S/C13H17N3S/c1-8(2)12-14-15-13(17)16(12)11-6-5-9(3)10(4)7-11/h5-8H,1-4H3,(H,15,17). The summed E-state index contributed by atoms with van der Waals surface area (Å²) in [5, 5.41) is 7.16. The van der Waals surface area contributed by atoms with Gasteiger partial charge in [0.05, 0.1) is 0 Å². The van der Waals surface area contributed by atoms with Gasteiger partial charge in [-0.1, -0.05) is 19.9 Å². The molecule has 1 heterocycles. The second-order valence-corrected chi connectivity index (χ2v) is 5.03. The number of aryl methyl sites for hydroxylation is 2. The van der Waals surface area contributed by atoms with E-state index >= 15 is 0 Å². The van der Waals surface area contributed by atoms with Crippen molar-refractivity contribution in [3.8, 4) is 5.69 Å². The lowest BCUT2D eigenvalue weighted by Crippen LogP contribution is -2.03. The second-order valence-electron chi connectivity index (χ2n) is 4.65. The summed E-state index contributed by atoms with van der Waals surface area (Å²) in [6, 6.07) is 6.34. The molecule has 0 fully saturated rings. The van der Waals surface area contributed by atoms with Gasteiger partial charge in [-0.3, -0.25) is 9.67 Å². The molecule has 2 aromatic rings. The van der Waals surface area contributed by atoms with Gasteiger partial charge in [0.15, 0.2) is 4.77 Å². The third kappa shape index (κ3) is 2.17. The van der Waals surface area contributed by atoms with E-state index in [0.717, 1.165) is 11.5 Å². The molecule has 90 valence electrons. The molecule has 3 nitrogen and oxygen atoms in total. The van der Waals surface area contributed by atoms with Crippen LogP contribution in [0, 0.1) is 18.6 Å². The van der Waals surface area contributed by atoms with Crippen LogP contribution in [0.3, 0.4) is 0 Å². The number of aromatic amines is 1. The highest BCUT2D eigenvalue weighted by Gasteiger charge is 2.11. The SMILES string of the molecule is Cc1ccc(-n2c(C(C)C)n[nH]c2=S)cc1C. The molecule has 0 radical (unpaired) electrons. The maximum atomic E-state index is 5.30. The molecule has 17 heavy (non-hydrogen) atoms. The molecule has 1 N–H and O–H groups in total. The molecule has 1 aromatic carbocycles. The van der Waals surface area contributed by atoms with Crippen molar-refractivity contribution in [3.05, 3.63) is 39.9 Å². The Morgan fingerprint density at radius 1 is 1.24 bits per heavy atom. The number of H-pyrrole nitrogens is 1. The quantitative estimate of drug-likeness (QED) is 0.821. The third-order valence-corrected chi connectivity index (χ3v) is 3.24. The van der Waals surface area contributed by atoms with Crippen LogP contribution in [-0.2, 0) is 0 Å². The lowest BCUT2D eigenvalue weighted by Gasteiger charge is -2.10. The van der Waals surface area contributed by atoms with Crippen molar-refractivity contribution in [1.29, 1.82) is 0 Å². The first kappa shape index (κ1) is 12.0. The van der Waals surface area contributed by atoms with Crippen molar-refractivity contribution >= 4 is 12.2 Å². The van der Waals surface area contributed by atoms with Crippen molar-refractivity contribution in [2.45, 2.75) is 33.6 Å². The molecular weight excluding hydrogens is 230 g/mol. The fourth-order valence-electron chi connectivity index (χ4n) is 1.81. The maximum Gasteiger partial charge on any atom is 0.199 e. The first-order valence-electron chi connectivity index (χ1n) is 5.75. The summed E-state index contributed by atoms with van der Waals surface area (Å²) >= 11 is 5.30.